The smallest absolute Gasteiger partial charge is 0.327 e. The average Bonchev–Trinajstić information content (AvgIpc) is 2.38. The summed E-state index contributed by atoms with van der Waals surface area (Å²) in [6.07, 6.45) is 1.74. The zero-order valence-corrected chi connectivity index (χ0v) is 10.2. The predicted molar refractivity (Wildman–Crippen MR) is 68.1 cm³/mol. The predicted octanol–water partition coefficient (Wildman–Crippen LogP) is 1.12. The number of fused-ring (bicyclic) bond motifs is 1. The highest BCUT2D eigenvalue weighted by Crippen LogP contribution is 2.18. The summed E-state index contributed by atoms with van der Waals surface area (Å²) >= 11 is 0. The third-order valence-electron chi connectivity index (χ3n) is 3.04. The largest absolute Gasteiger partial charge is 0.391 e. The topological polar surface area (TPSA) is 59.5 Å². The van der Waals surface area contributed by atoms with Crippen LogP contribution in [0.15, 0.2) is 36.5 Å². The quantitative estimate of drug-likeness (QED) is 0.595. The van der Waals surface area contributed by atoms with Gasteiger partial charge >= 0.3 is 11.9 Å². The summed E-state index contributed by atoms with van der Waals surface area (Å²) in [7, 11) is 0. The molecule has 0 bridgehead atoms. The molecule has 0 saturated carbocycles. The monoisotopic (exact) mass is 256 g/mol. The third kappa shape index (κ3) is 2.46. The molecule has 0 amide bonds. The molecule has 1 aromatic carbocycles. The number of nitrogens with zero attached hydrogens (tertiary/aromatic N) is 2. The number of rotatable bonds is 2. The molecule has 19 heavy (non-hydrogen) atoms. The van der Waals surface area contributed by atoms with Gasteiger partial charge in [-0.2, -0.15) is 0 Å². The Balaban J connectivity index is 1.89. The number of esters is 2. The van der Waals surface area contributed by atoms with Crippen molar-refractivity contribution in [3.8, 4) is 0 Å². The lowest BCUT2D eigenvalue weighted by Crippen LogP contribution is -2.42. The van der Waals surface area contributed by atoms with Crippen LogP contribution in [0.25, 0.3) is 10.9 Å². The van der Waals surface area contributed by atoms with Gasteiger partial charge in [0.15, 0.2) is 0 Å². The fourth-order valence-electron chi connectivity index (χ4n) is 2.26. The van der Waals surface area contributed by atoms with Gasteiger partial charge in [0.05, 0.1) is 18.6 Å². The summed E-state index contributed by atoms with van der Waals surface area (Å²) in [6, 6.07) is 9.76. The molecule has 0 radical (unpaired) electrons. The Morgan fingerprint density at radius 2 is 1.84 bits per heavy atom. The summed E-state index contributed by atoms with van der Waals surface area (Å²) < 4.78 is 4.51. The summed E-state index contributed by atoms with van der Waals surface area (Å²) in [6.45, 7) is 0.777. The van der Waals surface area contributed by atoms with Crippen molar-refractivity contribution in [3.05, 3.63) is 42.1 Å². The molecular formula is C14H12N2O3. The summed E-state index contributed by atoms with van der Waals surface area (Å²) in [5.41, 5.74) is 1.90. The molecule has 0 atom stereocenters. The first kappa shape index (κ1) is 11.8. The van der Waals surface area contributed by atoms with Gasteiger partial charge in [-0.05, 0) is 11.6 Å². The average molecular weight is 256 g/mol. The van der Waals surface area contributed by atoms with E-state index in [1.165, 1.54) is 0 Å². The van der Waals surface area contributed by atoms with Crippen molar-refractivity contribution in [2.75, 3.05) is 13.1 Å². The molecular weight excluding hydrogens is 244 g/mol. The van der Waals surface area contributed by atoms with Crippen molar-refractivity contribution in [2.24, 2.45) is 0 Å². The van der Waals surface area contributed by atoms with Crippen LogP contribution in [0, 0.1) is 0 Å². The summed E-state index contributed by atoms with van der Waals surface area (Å²) in [5.74, 6) is -0.992. The second-order valence-corrected chi connectivity index (χ2v) is 4.48. The maximum atomic E-state index is 11.2. The minimum absolute atomic E-state index is 0.134. The molecule has 0 aliphatic carbocycles. The van der Waals surface area contributed by atoms with E-state index >= 15 is 0 Å². The Kier molecular flexibility index (Phi) is 2.97. The van der Waals surface area contributed by atoms with Crippen molar-refractivity contribution >= 4 is 22.8 Å². The van der Waals surface area contributed by atoms with Crippen LogP contribution in [-0.2, 0) is 20.9 Å². The minimum Gasteiger partial charge on any atom is -0.391 e. The Morgan fingerprint density at radius 1 is 1.11 bits per heavy atom. The minimum atomic E-state index is -0.496. The molecule has 5 nitrogen and oxygen atoms in total. The van der Waals surface area contributed by atoms with Gasteiger partial charge in [0, 0.05) is 18.1 Å². The number of benzene rings is 1. The van der Waals surface area contributed by atoms with Gasteiger partial charge in [-0.1, -0.05) is 24.3 Å². The van der Waals surface area contributed by atoms with Crippen molar-refractivity contribution in [2.45, 2.75) is 6.54 Å². The molecule has 2 aromatic rings. The second-order valence-electron chi connectivity index (χ2n) is 4.48. The van der Waals surface area contributed by atoms with Crippen molar-refractivity contribution < 1.29 is 14.3 Å². The number of carbonyl (C=O) groups excluding carboxylic acids is 2. The highest BCUT2D eigenvalue weighted by Gasteiger charge is 2.25. The van der Waals surface area contributed by atoms with Crippen LogP contribution >= 0.6 is 0 Å². The molecule has 96 valence electrons. The van der Waals surface area contributed by atoms with Crippen molar-refractivity contribution in [3.63, 3.8) is 0 Å². The van der Waals surface area contributed by atoms with E-state index in [-0.39, 0.29) is 13.1 Å². The molecule has 5 heteroatoms. The standard InChI is InChI=1S/C14H12N2O3/c17-12-8-16(9-13(18)19-12)7-11-4-1-3-10-5-2-6-15-14(10)11/h1-6H,7-9H2. The number of cyclic esters (lactones) is 2. The fraction of sp³-hybridized carbons (Fsp3) is 0.214. The first-order valence-corrected chi connectivity index (χ1v) is 6.01. The first-order valence-electron chi connectivity index (χ1n) is 6.01. The number of morpholine rings is 1. The van der Waals surface area contributed by atoms with Crippen LogP contribution in [0.5, 0.6) is 0 Å². The molecule has 1 aliphatic rings. The summed E-state index contributed by atoms with van der Waals surface area (Å²) in [5, 5.41) is 1.05. The van der Waals surface area contributed by atoms with Gasteiger partial charge in [0.25, 0.3) is 0 Å². The SMILES string of the molecule is O=C1CN(Cc2cccc3cccnc23)CC(=O)O1. The number of hydrogen-bond donors (Lipinski definition) is 0. The Labute approximate surface area is 109 Å². The van der Waals surface area contributed by atoms with Crippen LogP contribution in [0.3, 0.4) is 0 Å². The molecule has 3 rings (SSSR count). The van der Waals surface area contributed by atoms with E-state index in [4.69, 9.17) is 0 Å². The number of hydrogen-bond acceptors (Lipinski definition) is 5. The van der Waals surface area contributed by atoms with E-state index in [1.807, 2.05) is 30.3 Å². The van der Waals surface area contributed by atoms with Gasteiger partial charge in [0.2, 0.25) is 0 Å². The van der Waals surface area contributed by atoms with Crippen LogP contribution in [0.1, 0.15) is 5.56 Å². The Morgan fingerprint density at radius 3 is 2.63 bits per heavy atom. The highest BCUT2D eigenvalue weighted by atomic mass is 16.6. The third-order valence-corrected chi connectivity index (χ3v) is 3.04. The van der Waals surface area contributed by atoms with Gasteiger partial charge in [-0.25, -0.2) is 0 Å². The molecule has 1 aromatic heterocycles. The lowest BCUT2D eigenvalue weighted by molar-refractivity contribution is -0.167. The second kappa shape index (κ2) is 4.78. The zero-order chi connectivity index (χ0) is 13.2. The number of pyridine rings is 1. The van der Waals surface area contributed by atoms with E-state index in [1.54, 1.807) is 11.1 Å². The number of ether oxygens (including phenoxy) is 1. The fourth-order valence-corrected chi connectivity index (χ4v) is 2.26. The van der Waals surface area contributed by atoms with Gasteiger partial charge < -0.3 is 4.74 Å². The van der Waals surface area contributed by atoms with Crippen LogP contribution in [0.4, 0.5) is 0 Å². The van der Waals surface area contributed by atoms with E-state index in [2.05, 4.69) is 9.72 Å². The maximum absolute atomic E-state index is 11.2. The van der Waals surface area contributed by atoms with Crippen LogP contribution in [0.2, 0.25) is 0 Å². The number of para-hydroxylation sites is 1. The molecule has 0 N–H and O–H groups in total. The highest BCUT2D eigenvalue weighted by molar-refractivity contribution is 5.90. The van der Waals surface area contributed by atoms with Crippen LogP contribution in [-0.4, -0.2) is 34.9 Å². The van der Waals surface area contributed by atoms with Gasteiger partial charge in [-0.15, -0.1) is 0 Å². The molecule has 0 spiro atoms. The Hall–Kier alpha value is -2.27. The number of aromatic nitrogens is 1. The Bertz CT molecular complexity index is 633. The lowest BCUT2D eigenvalue weighted by atomic mass is 10.1. The van der Waals surface area contributed by atoms with Gasteiger partial charge in [-0.3, -0.25) is 19.5 Å². The zero-order valence-electron chi connectivity index (χ0n) is 10.2. The van der Waals surface area contributed by atoms with E-state index in [9.17, 15) is 9.59 Å². The number of carbonyl (C=O) groups is 2. The maximum Gasteiger partial charge on any atom is 0.327 e. The lowest BCUT2D eigenvalue weighted by Gasteiger charge is -2.24. The summed E-state index contributed by atoms with van der Waals surface area (Å²) in [4.78, 5) is 28.6. The van der Waals surface area contributed by atoms with E-state index in [0.717, 1.165) is 16.5 Å². The van der Waals surface area contributed by atoms with E-state index in [0.29, 0.717) is 6.54 Å². The molecule has 1 saturated heterocycles. The molecule has 0 unspecified atom stereocenters. The molecule has 2 heterocycles. The molecule has 1 aliphatic heterocycles. The van der Waals surface area contributed by atoms with Gasteiger partial charge in [0.1, 0.15) is 0 Å². The first-order chi connectivity index (χ1) is 9.22. The van der Waals surface area contributed by atoms with Crippen molar-refractivity contribution in [1.82, 2.24) is 9.88 Å². The van der Waals surface area contributed by atoms with E-state index < -0.39 is 11.9 Å². The van der Waals surface area contributed by atoms with Crippen molar-refractivity contribution in [1.29, 1.82) is 0 Å². The van der Waals surface area contributed by atoms with Crippen LogP contribution < -0.4 is 0 Å². The molecule has 1 fully saturated rings. The normalized spacial score (nSPS) is 16.6.